The number of carbonyl (C=O) groups is 2. The lowest BCUT2D eigenvalue weighted by Gasteiger charge is -2.10. The van der Waals surface area contributed by atoms with E-state index in [4.69, 9.17) is 0 Å². The van der Waals surface area contributed by atoms with Gasteiger partial charge in [0.05, 0.1) is 11.1 Å². The van der Waals surface area contributed by atoms with Crippen molar-refractivity contribution in [2.75, 3.05) is 0 Å². The molecule has 3 aliphatic rings. The molecule has 3 heteroatoms. The van der Waals surface area contributed by atoms with Gasteiger partial charge in [0.2, 0.25) is 0 Å². The predicted octanol–water partition coefficient (Wildman–Crippen LogP) is 2.14. The average Bonchev–Trinajstić information content (AvgIpc) is 2.93. The van der Waals surface area contributed by atoms with E-state index in [2.05, 4.69) is 16.9 Å². The minimum absolute atomic E-state index is 0.425. The molecule has 0 radical (unpaired) electrons. The Bertz CT molecular complexity index is 534. The molecule has 78 valence electrons. The molecular weight excluding hydrogens is 204 g/mol. The smallest absolute Gasteiger partial charge is 0.346 e. The summed E-state index contributed by atoms with van der Waals surface area (Å²) >= 11 is 0. The third kappa shape index (κ3) is 0.803. The van der Waals surface area contributed by atoms with Gasteiger partial charge in [-0.1, -0.05) is 12.2 Å². The van der Waals surface area contributed by atoms with Gasteiger partial charge >= 0.3 is 11.9 Å². The molecule has 0 N–H and O–H groups in total. The molecule has 0 aromatic heterocycles. The Hall–Kier alpha value is -1.90. The van der Waals surface area contributed by atoms with Crippen LogP contribution in [0.4, 0.5) is 0 Å². The summed E-state index contributed by atoms with van der Waals surface area (Å²) in [5.41, 5.74) is 3.25. The van der Waals surface area contributed by atoms with Crippen LogP contribution in [-0.2, 0) is 4.74 Å². The molecule has 0 spiro atoms. The molecule has 0 amide bonds. The Morgan fingerprint density at radius 1 is 0.938 bits per heavy atom. The van der Waals surface area contributed by atoms with E-state index < -0.39 is 11.9 Å². The number of rotatable bonds is 0. The predicted molar refractivity (Wildman–Crippen MR) is 55.4 cm³/mol. The van der Waals surface area contributed by atoms with Crippen molar-refractivity contribution in [1.82, 2.24) is 0 Å². The molecule has 2 aliphatic carbocycles. The first-order valence-corrected chi connectivity index (χ1v) is 5.37. The van der Waals surface area contributed by atoms with Crippen LogP contribution >= 0.6 is 0 Å². The molecular formula is C13H8O3. The fourth-order valence-corrected chi connectivity index (χ4v) is 2.97. The lowest BCUT2D eigenvalue weighted by Crippen LogP contribution is -1.99. The fourth-order valence-electron chi connectivity index (χ4n) is 2.97. The Morgan fingerprint density at radius 2 is 1.44 bits per heavy atom. The Labute approximate surface area is 91.7 Å². The van der Waals surface area contributed by atoms with Crippen LogP contribution in [0.2, 0.25) is 0 Å². The first kappa shape index (κ1) is 8.28. The van der Waals surface area contributed by atoms with Crippen molar-refractivity contribution in [3.8, 4) is 0 Å². The summed E-state index contributed by atoms with van der Waals surface area (Å²) in [7, 11) is 0. The average molecular weight is 212 g/mol. The topological polar surface area (TPSA) is 43.4 Å². The highest BCUT2D eigenvalue weighted by molar-refractivity contribution is 6.15. The number of hydrogen-bond acceptors (Lipinski definition) is 3. The van der Waals surface area contributed by atoms with Crippen LogP contribution in [0.25, 0.3) is 0 Å². The van der Waals surface area contributed by atoms with Gasteiger partial charge < -0.3 is 4.74 Å². The van der Waals surface area contributed by atoms with Crippen LogP contribution in [0, 0.1) is 0 Å². The van der Waals surface area contributed by atoms with Crippen LogP contribution in [0.15, 0.2) is 24.3 Å². The highest BCUT2D eigenvalue weighted by Gasteiger charge is 2.38. The number of carbonyl (C=O) groups excluding carboxylic acids is 2. The molecule has 3 nitrogen and oxygen atoms in total. The number of ether oxygens (including phenoxy) is 1. The van der Waals surface area contributed by atoms with Crippen molar-refractivity contribution in [2.24, 2.45) is 0 Å². The molecule has 1 aromatic carbocycles. The number of esters is 2. The summed E-state index contributed by atoms with van der Waals surface area (Å²) in [6.07, 6.45) is 5.45. The van der Waals surface area contributed by atoms with Crippen molar-refractivity contribution >= 4 is 11.9 Å². The molecule has 2 atom stereocenters. The van der Waals surface area contributed by atoms with Crippen molar-refractivity contribution < 1.29 is 14.3 Å². The number of fused-ring (bicyclic) bond motifs is 6. The third-order valence-electron chi connectivity index (χ3n) is 3.73. The summed E-state index contributed by atoms with van der Waals surface area (Å²) in [5, 5.41) is 0. The Morgan fingerprint density at radius 3 is 1.94 bits per heavy atom. The standard InChI is InChI=1S/C13H8O3/c14-12-10-4-8-6-1-2-7(3-6)9(8)5-11(10)13(15)16-12/h1-2,4-7H,3H2. The van der Waals surface area contributed by atoms with Gasteiger partial charge in [-0.25, -0.2) is 9.59 Å². The lowest BCUT2D eigenvalue weighted by atomic mass is 9.92. The van der Waals surface area contributed by atoms with Crippen LogP contribution in [0.1, 0.15) is 50.1 Å². The van der Waals surface area contributed by atoms with E-state index in [0.29, 0.717) is 23.0 Å². The van der Waals surface area contributed by atoms with Gasteiger partial charge in [-0.2, -0.15) is 0 Å². The summed E-state index contributed by atoms with van der Waals surface area (Å²) in [6, 6.07) is 3.68. The van der Waals surface area contributed by atoms with E-state index in [9.17, 15) is 9.59 Å². The number of benzene rings is 1. The van der Waals surface area contributed by atoms with Crippen LogP contribution < -0.4 is 0 Å². The van der Waals surface area contributed by atoms with Crippen molar-refractivity contribution in [3.63, 3.8) is 0 Å². The van der Waals surface area contributed by atoms with E-state index in [1.165, 1.54) is 11.1 Å². The molecule has 4 rings (SSSR count). The molecule has 0 saturated heterocycles. The zero-order valence-electron chi connectivity index (χ0n) is 8.40. The van der Waals surface area contributed by atoms with Gasteiger partial charge in [-0.05, 0) is 29.7 Å². The van der Waals surface area contributed by atoms with E-state index in [1.54, 1.807) is 0 Å². The maximum Gasteiger partial charge on any atom is 0.346 e. The molecule has 1 aliphatic heterocycles. The third-order valence-corrected chi connectivity index (χ3v) is 3.73. The Kier molecular flexibility index (Phi) is 1.26. The second kappa shape index (κ2) is 2.43. The van der Waals surface area contributed by atoms with Crippen LogP contribution in [0.5, 0.6) is 0 Å². The lowest BCUT2D eigenvalue weighted by molar-refractivity contribution is 0.0444. The first-order valence-electron chi connectivity index (χ1n) is 5.37. The maximum absolute atomic E-state index is 11.4. The summed E-state index contributed by atoms with van der Waals surface area (Å²) in [6.45, 7) is 0. The van der Waals surface area contributed by atoms with E-state index in [1.807, 2.05) is 12.1 Å². The normalized spacial score (nSPS) is 28.2. The van der Waals surface area contributed by atoms with Gasteiger partial charge in [0, 0.05) is 11.8 Å². The van der Waals surface area contributed by atoms with Crippen molar-refractivity contribution in [2.45, 2.75) is 18.3 Å². The van der Waals surface area contributed by atoms with Gasteiger partial charge in [-0.15, -0.1) is 0 Å². The molecule has 2 bridgehead atoms. The second-order valence-electron chi connectivity index (χ2n) is 4.54. The van der Waals surface area contributed by atoms with Crippen molar-refractivity contribution in [3.05, 3.63) is 46.5 Å². The molecule has 16 heavy (non-hydrogen) atoms. The molecule has 1 aromatic rings. The van der Waals surface area contributed by atoms with Gasteiger partial charge in [0.25, 0.3) is 0 Å². The van der Waals surface area contributed by atoms with E-state index >= 15 is 0 Å². The van der Waals surface area contributed by atoms with Crippen molar-refractivity contribution in [1.29, 1.82) is 0 Å². The van der Waals surface area contributed by atoms with E-state index in [0.717, 1.165) is 6.42 Å². The number of hydrogen-bond donors (Lipinski definition) is 0. The van der Waals surface area contributed by atoms with Gasteiger partial charge in [-0.3, -0.25) is 0 Å². The minimum Gasteiger partial charge on any atom is -0.386 e. The first-order chi connectivity index (χ1) is 7.74. The summed E-state index contributed by atoms with van der Waals surface area (Å²) in [5.74, 6) is -0.160. The molecule has 2 unspecified atom stereocenters. The zero-order valence-corrected chi connectivity index (χ0v) is 8.40. The van der Waals surface area contributed by atoms with Crippen LogP contribution in [0.3, 0.4) is 0 Å². The van der Waals surface area contributed by atoms with Crippen LogP contribution in [-0.4, -0.2) is 11.9 Å². The molecule has 0 saturated carbocycles. The van der Waals surface area contributed by atoms with E-state index in [-0.39, 0.29) is 0 Å². The SMILES string of the molecule is O=C1OC(=O)c2cc3c(cc21)C1C=CC3C1. The Balaban J connectivity index is 2.01. The molecule has 1 heterocycles. The number of allylic oxidation sites excluding steroid dienone is 2. The van der Waals surface area contributed by atoms with Gasteiger partial charge in [0.15, 0.2) is 0 Å². The highest BCUT2D eigenvalue weighted by Crippen LogP contribution is 2.49. The van der Waals surface area contributed by atoms with Gasteiger partial charge in [0.1, 0.15) is 0 Å². The largest absolute Gasteiger partial charge is 0.386 e. The minimum atomic E-state index is -0.505. The monoisotopic (exact) mass is 212 g/mol. The highest BCUT2D eigenvalue weighted by atomic mass is 16.6. The summed E-state index contributed by atoms with van der Waals surface area (Å²) in [4.78, 5) is 22.8. The second-order valence-corrected chi connectivity index (χ2v) is 4.54. The maximum atomic E-state index is 11.4. The molecule has 0 fully saturated rings. The summed E-state index contributed by atoms with van der Waals surface area (Å²) < 4.78 is 4.60. The quantitative estimate of drug-likeness (QED) is 0.376. The fraction of sp³-hybridized carbons (Fsp3) is 0.231. The zero-order chi connectivity index (χ0) is 10.9. The number of cyclic esters (lactones) is 2.